The van der Waals surface area contributed by atoms with Gasteiger partial charge in [-0.05, 0) is 6.42 Å². The van der Waals surface area contributed by atoms with Crippen LogP contribution in [0.25, 0.3) is 0 Å². The van der Waals surface area contributed by atoms with Crippen LogP contribution in [0, 0.1) is 0 Å². The predicted octanol–water partition coefficient (Wildman–Crippen LogP) is 1.34. The third kappa shape index (κ3) is 3.70. The van der Waals surface area contributed by atoms with Gasteiger partial charge in [0.25, 0.3) is 0 Å². The molecule has 5 heteroatoms. The van der Waals surface area contributed by atoms with E-state index in [2.05, 4.69) is 32.3 Å². The smallest absolute Gasteiger partial charge is 0.244 e. The van der Waals surface area contributed by atoms with Crippen LogP contribution in [0.15, 0.2) is 0 Å². The van der Waals surface area contributed by atoms with Gasteiger partial charge < -0.3 is 10.2 Å². The van der Waals surface area contributed by atoms with Crippen molar-refractivity contribution in [1.29, 1.82) is 0 Å². The zero-order valence-electron chi connectivity index (χ0n) is 10.7. The Morgan fingerprint density at radius 2 is 2.00 bits per heavy atom. The van der Waals surface area contributed by atoms with E-state index in [4.69, 9.17) is 0 Å². The highest BCUT2D eigenvalue weighted by Gasteiger charge is 2.14. The number of hydrogen-bond acceptors (Lipinski definition) is 4. The Balaban J connectivity index is 1.78. The third-order valence-corrected chi connectivity index (χ3v) is 3.19. The minimum Gasteiger partial charge on any atom is -0.337 e. The van der Waals surface area contributed by atoms with Gasteiger partial charge in [0.15, 0.2) is 0 Å². The maximum Gasteiger partial charge on any atom is 0.244 e. The molecule has 17 heavy (non-hydrogen) atoms. The third-order valence-electron chi connectivity index (χ3n) is 3.19. The average molecular weight is 237 g/mol. The number of piperazine rings is 1. The number of nitrogens with zero attached hydrogens (tertiary/aromatic N) is 3. The number of aromatic nitrogens is 3. The molecule has 1 aromatic heterocycles. The first kappa shape index (κ1) is 12.4. The van der Waals surface area contributed by atoms with Crippen LogP contribution in [0.1, 0.15) is 38.4 Å². The molecule has 1 aromatic rings. The van der Waals surface area contributed by atoms with Gasteiger partial charge in [0.1, 0.15) is 5.82 Å². The van der Waals surface area contributed by atoms with E-state index < -0.39 is 0 Å². The summed E-state index contributed by atoms with van der Waals surface area (Å²) in [7, 11) is 0. The molecule has 0 radical (unpaired) electrons. The second-order valence-corrected chi connectivity index (χ2v) is 4.63. The van der Waals surface area contributed by atoms with Crippen LogP contribution >= 0.6 is 0 Å². The fourth-order valence-electron chi connectivity index (χ4n) is 2.12. The second-order valence-electron chi connectivity index (χ2n) is 4.63. The van der Waals surface area contributed by atoms with E-state index in [0.717, 1.165) is 44.4 Å². The van der Waals surface area contributed by atoms with Crippen molar-refractivity contribution in [2.24, 2.45) is 0 Å². The maximum absolute atomic E-state index is 4.56. The van der Waals surface area contributed by atoms with Crippen molar-refractivity contribution in [1.82, 2.24) is 20.5 Å². The Morgan fingerprint density at radius 1 is 1.18 bits per heavy atom. The molecule has 1 aliphatic heterocycles. The van der Waals surface area contributed by atoms with Crippen LogP contribution < -0.4 is 10.2 Å². The van der Waals surface area contributed by atoms with E-state index in [1.165, 1.54) is 25.7 Å². The number of aryl methyl sites for hydroxylation is 1. The zero-order valence-corrected chi connectivity index (χ0v) is 10.7. The van der Waals surface area contributed by atoms with Crippen LogP contribution in [-0.2, 0) is 6.42 Å². The Bertz CT molecular complexity index is 316. The summed E-state index contributed by atoms with van der Waals surface area (Å²) in [5.74, 6) is 1.91. The predicted molar refractivity (Wildman–Crippen MR) is 69.3 cm³/mol. The number of anilines is 1. The SMILES string of the molecule is CCCCCCc1nc(N2CCNCC2)n[nH]1. The molecule has 0 atom stereocenters. The van der Waals surface area contributed by atoms with Crippen molar-refractivity contribution in [2.45, 2.75) is 39.0 Å². The molecular formula is C12H23N5. The largest absolute Gasteiger partial charge is 0.337 e. The minimum absolute atomic E-state index is 0.872. The van der Waals surface area contributed by atoms with Crippen LogP contribution in [0.3, 0.4) is 0 Å². The highest BCUT2D eigenvalue weighted by Crippen LogP contribution is 2.10. The summed E-state index contributed by atoms with van der Waals surface area (Å²) in [4.78, 5) is 6.80. The van der Waals surface area contributed by atoms with Gasteiger partial charge in [-0.3, -0.25) is 5.10 Å². The molecule has 2 heterocycles. The number of aromatic amines is 1. The van der Waals surface area contributed by atoms with Crippen LogP contribution in [0.2, 0.25) is 0 Å². The van der Waals surface area contributed by atoms with Gasteiger partial charge in [-0.15, -0.1) is 5.10 Å². The lowest BCUT2D eigenvalue weighted by atomic mass is 10.1. The first-order chi connectivity index (χ1) is 8.40. The Kier molecular flexibility index (Phi) is 4.79. The van der Waals surface area contributed by atoms with Crippen molar-refractivity contribution in [3.05, 3.63) is 5.82 Å². The molecule has 0 aliphatic carbocycles. The molecule has 0 saturated carbocycles. The van der Waals surface area contributed by atoms with Gasteiger partial charge in [-0.2, -0.15) is 4.98 Å². The molecular weight excluding hydrogens is 214 g/mol. The maximum atomic E-state index is 4.56. The molecule has 0 amide bonds. The molecule has 1 fully saturated rings. The van der Waals surface area contributed by atoms with E-state index >= 15 is 0 Å². The second kappa shape index (κ2) is 6.59. The number of unbranched alkanes of at least 4 members (excludes halogenated alkanes) is 3. The van der Waals surface area contributed by atoms with Crippen molar-refractivity contribution in [2.75, 3.05) is 31.1 Å². The van der Waals surface area contributed by atoms with Crippen LogP contribution in [-0.4, -0.2) is 41.4 Å². The Labute approximate surface area is 103 Å². The van der Waals surface area contributed by atoms with Gasteiger partial charge in [0.2, 0.25) is 5.95 Å². The summed E-state index contributed by atoms with van der Waals surface area (Å²) in [6, 6.07) is 0. The summed E-state index contributed by atoms with van der Waals surface area (Å²) in [5.41, 5.74) is 0. The van der Waals surface area contributed by atoms with E-state index in [9.17, 15) is 0 Å². The summed E-state index contributed by atoms with van der Waals surface area (Å²) in [5, 5.41) is 10.7. The van der Waals surface area contributed by atoms with Gasteiger partial charge in [-0.25, -0.2) is 0 Å². The summed E-state index contributed by atoms with van der Waals surface area (Å²) >= 11 is 0. The highest BCUT2D eigenvalue weighted by molar-refractivity contribution is 5.29. The Morgan fingerprint density at radius 3 is 2.76 bits per heavy atom. The van der Waals surface area contributed by atoms with Gasteiger partial charge in [-0.1, -0.05) is 26.2 Å². The standard InChI is InChI=1S/C12H23N5/c1-2-3-4-5-6-11-14-12(16-15-11)17-9-7-13-8-10-17/h13H,2-10H2,1H3,(H,14,15,16). The van der Waals surface area contributed by atoms with Crippen molar-refractivity contribution < 1.29 is 0 Å². The van der Waals surface area contributed by atoms with Gasteiger partial charge >= 0.3 is 0 Å². The minimum atomic E-state index is 0.872. The van der Waals surface area contributed by atoms with E-state index in [0.29, 0.717) is 0 Å². The van der Waals surface area contributed by atoms with E-state index in [-0.39, 0.29) is 0 Å². The first-order valence-electron chi connectivity index (χ1n) is 6.77. The lowest BCUT2D eigenvalue weighted by Crippen LogP contribution is -2.44. The molecule has 0 aromatic carbocycles. The molecule has 0 bridgehead atoms. The highest BCUT2D eigenvalue weighted by atomic mass is 15.4. The summed E-state index contributed by atoms with van der Waals surface area (Å²) in [6.07, 6.45) is 6.13. The number of nitrogens with one attached hydrogen (secondary N) is 2. The molecule has 96 valence electrons. The van der Waals surface area contributed by atoms with Crippen molar-refractivity contribution in [3.63, 3.8) is 0 Å². The topological polar surface area (TPSA) is 56.8 Å². The lowest BCUT2D eigenvalue weighted by Gasteiger charge is -2.25. The molecule has 1 saturated heterocycles. The lowest BCUT2D eigenvalue weighted by molar-refractivity contribution is 0.580. The van der Waals surface area contributed by atoms with Crippen LogP contribution in [0.4, 0.5) is 5.95 Å². The van der Waals surface area contributed by atoms with Gasteiger partial charge in [0.05, 0.1) is 0 Å². The Hall–Kier alpha value is -1.10. The molecule has 0 spiro atoms. The van der Waals surface area contributed by atoms with Crippen molar-refractivity contribution >= 4 is 5.95 Å². The fourth-order valence-corrected chi connectivity index (χ4v) is 2.12. The molecule has 1 aliphatic rings. The number of rotatable bonds is 6. The molecule has 2 rings (SSSR count). The zero-order chi connectivity index (χ0) is 11.9. The van der Waals surface area contributed by atoms with Crippen molar-refractivity contribution in [3.8, 4) is 0 Å². The quantitative estimate of drug-likeness (QED) is 0.733. The normalized spacial score (nSPS) is 16.4. The van der Waals surface area contributed by atoms with E-state index in [1.807, 2.05) is 0 Å². The first-order valence-corrected chi connectivity index (χ1v) is 6.77. The fraction of sp³-hybridized carbons (Fsp3) is 0.833. The van der Waals surface area contributed by atoms with Crippen LogP contribution in [0.5, 0.6) is 0 Å². The monoisotopic (exact) mass is 237 g/mol. The molecule has 5 nitrogen and oxygen atoms in total. The summed E-state index contributed by atoms with van der Waals surface area (Å²) < 4.78 is 0. The molecule has 0 unspecified atom stereocenters. The molecule has 2 N–H and O–H groups in total. The number of hydrogen-bond donors (Lipinski definition) is 2. The summed E-state index contributed by atoms with van der Waals surface area (Å²) in [6.45, 7) is 6.30. The average Bonchev–Trinajstić information content (AvgIpc) is 2.85. The van der Waals surface area contributed by atoms with Gasteiger partial charge in [0, 0.05) is 32.6 Å². The number of H-pyrrole nitrogens is 1. The van der Waals surface area contributed by atoms with E-state index in [1.54, 1.807) is 0 Å².